The van der Waals surface area contributed by atoms with Crippen LogP contribution in [0.5, 0.6) is 0 Å². The van der Waals surface area contributed by atoms with Crippen molar-refractivity contribution in [1.29, 1.82) is 0 Å². The molecule has 6 heteroatoms. The Morgan fingerprint density at radius 1 is 1.00 bits per heavy atom. The molecule has 51 valence electrons. The van der Waals surface area contributed by atoms with Crippen LogP contribution in [0, 0.1) is 17.7 Å². The Balaban J connectivity index is 3.31. The Labute approximate surface area is 55.5 Å². The second-order valence-electron chi connectivity index (χ2n) is 1.48. The summed E-state index contributed by atoms with van der Waals surface area (Å²) in [6.45, 7) is 0. The zero-order valence-electron chi connectivity index (χ0n) is 4.61. The summed E-state index contributed by atoms with van der Waals surface area (Å²) in [7, 11) is 4.76. The fourth-order valence-electron chi connectivity index (χ4n) is 0.409. The van der Waals surface area contributed by atoms with Crippen LogP contribution in [0.15, 0.2) is 0 Å². The fraction of sp³-hybridized carbons (Fsp3) is 0. The van der Waals surface area contributed by atoms with E-state index in [2.05, 4.69) is 9.97 Å². The van der Waals surface area contributed by atoms with Crippen molar-refractivity contribution in [3.63, 3.8) is 0 Å². The molecule has 0 aromatic carbocycles. The van der Waals surface area contributed by atoms with Gasteiger partial charge in [-0.05, 0) is 0 Å². The van der Waals surface area contributed by atoms with E-state index >= 15 is 0 Å². The third kappa shape index (κ3) is 1.10. The van der Waals surface area contributed by atoms with Crippen molar-refractivity contribution in [2.75, 3.05) is 0 Å². The van der Waals surface area contributed by atoms with E-state index in [9.17, 15) is 13.2 Å². The molecule has 0 aliphatic carbocycles. The summed E-state index contributed by atoms with van der Waals surface area (Å²) < 4.78 is 36.0. The van der Waals surface area contributed by atoms with Gasteiger partial charge in [-0.2, -0.15) is 13.2 Å². The van der Waals surface area contributed by atoms with Gasteiger partial charge in [-0.3, -0.25) is 9.97 Å². The third-order valence-corrected chi connectivity index (χ3v) is 0.788. The van der Waals surface area contributed by atoms with Crippen molar-refractivity contribution in [3.8, 4) is 0 Å². The highest BCUT2D eigenvalue weighted by atomic mass is 19.2. The predicted molar refractivity (Wildman–Crippen MR) is 27.3 cm³/mol. The molecule has 0 saturated carbocycles. The van der Waals surface area contributed by atoms with Crippen LogP contribution >= 0.6 is 0 Å². The Hall–Kier alpha value is -1.07. The molecule has 1 rings (SSSR count). The van der Waals surface area contributed by atoms with E-state index in [4.69, 9.17) is 7.85 Å². The minimum Gasteiger partial charge on any atom is -0.525 e. The summed E-state index contributed by atoms with van der Waals surface area (Å²) in [6, 6.07) is 0. The summed E-state index contributed by atoms with van der Waals surface area (Å²) >= 11 is 0. The number of halogens is 3. The van der Waals surface area contributed by atoms with Gasteiger partial charge >= 0.3 is 0 Å². The molecule has 1 aromatic heterocycles. The van der Waals surface area contributed by atoms with Gasteiger partial charge in [0.15, 0.2) is 0 Å². The van der Waals surface area contributed by atoms with Crippen LogP contribution in [0.25, 0.3) is 0 Å². The highest BCUT2D eigenvalue weighted by Crippen LogP contribution is 2.01. The standard InChI is InChI=1S/C4BF3N2/c5-4-9-2(7)1(6)3(8)10-4/q-1. The van der Waals surface area contributed by atoms with E-state index in [1.807, 2.05) is 0 Å². The van der Waals surface area contributed by atoms with Gasteiger partial charge in [0, 0.05) is 0 Å². The summed E-state index contributed by atoms with van der Waals surface area (Å²) in [5.74, 6) is -4.87. The van der Waals surface area contributed by atoms with Crippen molar-refractivity contribution in [1.82, 2.24) is 9.97 Å². The molecule has 0 spiro atoms. The van der Waals surface area contributed by atoms with E-state index in [1.54, 1.807) is 0 Å². The van der Waals surface area contributed by atoms with Crippen LogP contribution in [0.4, 0.5) is 13.2 Å². The fourth-order valence-corrected chi connectivity index (χ4v) is 0.409. The first-order chi connectivity index (χ1) is 4.61. The minimum atomic E-state index is -1.71. The maximum Gasteiger partial charge on any atom is 0.251 e. The number of hydrogen-bond acceptors (Lipinski definition) is 2. The Bertz CT molecular complexity index is 242. The monoisotopic (exact) mass is 144 g/mol. The Morgan fingerprint density at radius 2 is 1.40 bits per heavy atom. The SMILES string of the molecule is [B-]c1nc(F)c(F)c(F)n1. The van der Waals surface area contributed by atoms with E-state index < -0.39 is 23.4 Å². The first-order valence-electron chi connectivity index (χ1n) is 2.25. The average molecular weight is 144 g/mol. The molecule has 2 nitrogen and oxygen atoms in total. The number of aromatic nitrogens is 2. The largest absolute Gasteiger partial charge is 0.525 e. The quantitative estimate of drug-likeness (QED) is 0.368. The lowest BCUT2D eigenvalue weighted by molar-refractivity contribution is 0.410. The lowest BCUT2D eigenvalue weighted by Crippen LogP contribution is -2.18. The lowest BCUT2D eigenvalue weighted by Gasteiger charge is -2.03. The number of nitrogens with zero attached hydrogens (tertiary/aromatic N) is 2. The van der Waals surface area contributed by atoms with Gasteiger partial charge in [-0.1, -0.05) is 0 Å². The average Bonchev–Trinajstić information content (AvgIpc) is 1.82. The number of hydrogen-bond donors (Lipinski definition) is 0. The van der Waals surface area contributed by atoms with Crippen molar-refractivity contribution in [2.24, 2.45) is 0 Å². The molecule has 0 saturated heterocycles. The summed E-state index contributed by atoms with van der Waals surface area (Å²) in [5, 5.41) is 0. The van der Waals surface area contributed by atoms with Crippen molar-refractivity contribution in [2.45, 2.75) is 0 Å². The lowest BCUT2D eigenvalue weighted by atomic mass is 10.1. The molecule has 1 heterocycles. The molecule has 0 aliphatic rings. The molecule has 0 amide bonds. The smallest absolute Gasteiger partial charge is 0.251 e. The molecule has 0 aliphatic heterocycles. The first-order valence-corrected chi connectivity index (χ1v) is 2.25. The van der Waals surface area contributed by atoms with Gasteiger partial charge in [0.1, 0.15) is 0 Å². The van der Waals surface area contributed by atoms with E-state index in [0.717, 1.165) is 0 Å². The maximum atomic E-state index is 12.0. The van der Waals surface area contributed by atoms with Crippen LogP contribution in [0.3, 0.4) is 0 Å². The predicted octanol–water partition coefficient (Wildman–Crippen LogP) is -0.312. The highest BCUT2D eigenvalue weighted by molar-refractivity contribution is 6.28. The summed E-state index contributed by atoms with van der Waals surface area (Å²) in [5.41, 5.74) is -0.628. The Morgan fingerprint density at radius 3 is 1.80 bits per heavy atom. The second kappa shape index (κ2) is 2.28. The van der Waals surface area contributed by atoms with Gasteiger partial charge in [-0.15, -0.1) is 5.72 Å². The van der Waals surface area contributed by atoms with Crippen LogP contribution in [0.2, 0.25) is 0 Å². The van der Waals surface area contributed by atoms with E-state index in [-0.39, 0.29) is 0 Å². The van der Waals surface area contributed by atoms with Crippen LogP contribution in [-0.4, -0.2) is 17.8 Å². The zero-order chi connectivity index (χ0) is 7.72. The molecular formula is C4BF3N2-. The van der Waals surface area contributed by atoms with Gasteiger partial charge in [0.05, 0.1) is 0 Å². The molecular weight excluding hydrogens is 144 g/mol. The third-order valence-electron chi connectivity index (χ3n) is 0.788. The second-order valence-corrected chi connectivity index (χ2v) is 1.48. The molecule has 3 radical (unpaired) electrons. The van der Waals surface area contributed by atoms with Gasteiger partial charge in [0.25, 0.3) is 11.9 Å². The number of rotatable bonds is 0. The molecule has 0 unspecified atom stereocenters. The summed E-state index contributed by atoms with van der Waals surface area (Å²) in [4.78, 5) is 5.44. The van der Waals surface area contributed by atoms with Crippen LogP contribution < -0.4 is 5.72 Å². The Kier molecular flexibility index (Phi) is 1.61. The van der Waals surface area contributed by atoms with E-state index in [1.165, 1.54) is 0 Å². The van der Waals surface area contributed by atoms with Crippen molar-refractivity contribution >= 4 is 13.6 Å². The molecule has 10 heavy (non-hydrogen) atoms. The zero-order valence-corrected chi connectivity index (χ0v) is 4.61. The minimum absolute atomic E-state index is 0.628. The molecule has 0 N–H and O–H groups in total. The van der Waals surface area contributed by atoms with E-state index in [0.29, 0.717) is 0 Å². The topological polar surface area (TPSA) is 25.8 Å². The van der Waals surface area contributed by atoms with Gasteiger partial charge < -0.3 is 7.85 Å². The van der Waals surface area contributed by atoms with Gasteiger partial charge in [0.2, 0.25) is 5.82 Å². The molecule has 1 aromatic rings. The molecule has 0 atom stereocenters. The van der Waals surface area contributed by atoms with Crippen LogP contribution in [-0.2, 0) is 0 Å². The maximum absolute atomic E-state index is 12.0. The van der Waals surface area contributed by atoms with Gasteiger partial charge in [-0.25, -0.2) is 0 Å². The highest BCUT2D eigenvalue weighted by Gasteiger charge is 2.07. The van der Waals surface area contributed by atoms with Crippen LogP contribution in [0.1, 0.15) is 0 Å². The normalized spacial score (nSPS) is 10.0. The van der Waals surface area contributed by atoms with Crippen molar-refractivity contribution < 1.29 is 13.2 Å². The molecule has 0 fully saturated rings. The summed E-state index contributed by atoms with van der Waals surface area (Å²) in [6.07, 6.45) is 0. The molecule has 0 bridgehead atoms. The first kappa shape index (κ1) is 7.05. The van der Waals surface area contributed by atoms with Crippen molar-refractivity contribution in [3.05, 3.63) is 17.7 Å².